The molecule has 1 aliphatic carbocycles. The average molecular weight is 372 g/mol. The number of benzene rings is 1. The number of anilines is 1. The summed E-state index contributed by atoms with van der Waals surface area (Å²) in [7, 11) is 0. The van der Waals surface area contributed by atoms with Gasteiger partial charge in [0.25, 0.3) is 5.91 Å². The summed E-state index contributed by atoms with van der Waals surface area (Å²) in [5.74, 6) is -1.47. The zero-order chi connectivity index (χ0) is 19.7. The van der Waals surface area contributed by atoms with Crippen molar-refractivity contribution in [3.05, 3.63) is 53.6 Å². The number of nitrogens with zero attached hydrogens (tertiary/aromatic N) is 2. The Labute approximate surface area is 156 Å². The number of hydrogen-bond acceptors (Lipinski definition) is 5. The molecule has 1 heterocycles. The van der Waals surface area contributed by atoms with Crippen LogP contribution in [0.5, 0.6) is 0 Å². The fourth-order valence-corrected chi connectivity index (χ4v) is 2.65. The van der Waals surface area contributed by atoms with Crippen LogP contribution in [0, 0.1) is 5.82 Å². The Morgan fingerprint density at radius 2 is 1.78 bits per heavy atom. The van der Waals surface area contributed by atoms with Gasteiger partial charge in [-0.3, -0.25) is 4.79 Å². The van der Waals surface area contributed by atoms with Crippen molar-refractivity contribution in [3.63, 3.8) is 0 Å². The first kappa shape index (κ1) is 18.8. The van der Waals surface area contributed by atoms with Crippen molar-refractivity contribution < 1.29 is 19.1 Å². The van der Waals surface area contributed by atoms with Crippen LogP contribution in [0.25, 0.3) is 0 Å². The molecule has 1 fully saturated rings. The van der Waals surface area contributed by atoms with Gasteiger partial charge in [-0.05, 0) is 30.5 Å². The molecule has 3 N–H and O–H groups in total. The minimum Gasteiger partial charge on any atom is -0.480 e. The lowest BCUT2D eigenvalue weighted by atomic mass is 9.84. The summed E-state index contributed by atoms with van der Waals surface area (Å²) < 4.78 is 13.1. The summed E-state index contributed by atoms with van der Waals surface area (Å²) in [6.07, 6.45) is 3.56. The molecule has 27 heavy (non-hydrogen) atoms. The highest BCUT2D eigenvalue weighted by Crippen LogP contribution is 2.35. The maximum absolute atomic E-state index is 13.1. The average Bonchev–Trinajstić information content (AvgIpc) is 3.42. The van der Waals surface area contributed by atoms with Gasteiger partial charge in [-0.1, -0.05) is 26.0 Å². The van der Waals surface area contributed by atoms with Crippen LogP contribution in [0.15, 0.2) is 36.7 Å². The molecule has 1 aromatic heterocycles. The fourth-order valence-electron chi connectivity index (χ4n) is 2.65. The maximum atomic E-state index is 13.1. The van der Waals surface area contributed by atoms with E-state index in [0.717, 1.165) is 5.56 Å². The molecule has 1 saturated carbocycles. The second kappa shape index (κ2) is 6.94. The van der Waals surface area contributed by atoms with E-state index in [1.807, 2.05) is 13.8 Å². The van der Waals surface area contributed by atoms with Crippen molar-refractivity contribution in [2.24, 2.45) is 0 Å². The van der Waals surface area contributed by atoms with Crippen molar-refractivity contribution in [3.8, 4) is 0 Å². The molecule has 3 rings (SSSR count). The maximum Gasteiger partial charge on any atom is 0.329 e. The van der Waals surface area contributed by atoms with E-state index in [1.165, 1.54) is 24.5 Å². The standard InChI is InChI=1S/C19H21FN4O3/c1-18(2,13-3-5-14(20)6-4-13)11-23-17-21-9-12(10-22-17)15(25)24-19(7-8-19)16(26)27/h3-6,9-10H,7-8,11H2,1-2H3,(H,24,25)(H,26,27)(H,21,22,23). The zero-order valence-corrected chi connectivity index (χ0v) is 15.1. The van der Waals surface area contributed by atoms with E-state index in [2.05, 4.69) is 20.6 Å². The van der Waals surface area contributed by atoms with Crippen LogP contribution in [0.2, 0.25) is 0 Å². The van der Waals surface area contributed by atoms with Crippen molar-refractivity contribution in [2.75, 3.05) is 11.9 Å². The summed E-state index contributed by atoms with van der Waals surface area (Å²) >= 11 is 0. The Balaban J connectivity index is 1.60. The van der Waals surface area contributed by atoms with Crippen molar-refractivity contribution in [2.45, 2.75) is 37.6 Å². The molecule has 8 heteroatoms. The molecule has 0 atom stereocenters. The Hall–Kier alpha value is -3.03. The van der Waals surface area contributed by atoms with Crippen LogP contribution < -0.4 is 10.6 Å². The summed E-state index contributed by atoms with van der Waals surface area (Å²) in [4.78, 5) is 31.5. The van der Waals surface area contributed by atoms with Crippen LogP contribution in [-0.2, 0) is 10.2 Å². The largest absolute Gasteiger partial charge is 0.480 e. The van der Waals surface area contributed by atoms with Gasteiger partial charge in [-0.15, -0.1) is 0 Å². The quantitative estimate of drug-likeness (QED) is 0.689. The molecule has 142 valence electrons. The molecule has 0 radical (unpaired) electrons. The van der Waals surface area contributed by atoms with E-state index in [1.54, 1.807) is 12.1 Å². The van der Waals surface area contributed by atoms with E-state index in [4.69, 9.17) is 5.11 Å². The van der Waals surface area contributed by atoms with Gasteiger partial charge in [0.2, 0.25) is 5.95 Å². The Morgan fingerprint density at radius 1 is 1.19 bits per heavy atom. The normalized spacial score (nSPS) is 15.1. The molecular weight excluding hydrogens is 351 g/mol. The third kappa shape index (κ3) is 4.21. The lowest BCUT2D eigenvalue weighted by Crippen LogP contribution is -2.43. The van der Waals surface area contributed by atoms with Gasteiger partial charge in [0.05, 0.1) is 5.56 Å². The summed E-state index contributed by atoms with van der Waals surface area (Å²) in [5, 5.41) is 14.7. The first-order valence-electron chi connectivity index (χ1n) is 8.60. The molecule has 0 bridgehead atoms. The minimum absolute atomic E-state index is 0.200. The lowest BCUT2D eigenvalue weighted by molar-refractivity contribution is -0.140. The van der Waals surface area contributed by atoms with E-state index < -0.39 is 17.4 Å². The van der Waals surface area contributed by atoms with Gasteiger partial charge < -0.3 is 15.7 Å². The number of halogens is 1. The van der Waals surface area contributed by atoms with E-state index >= 15 is 0 Å². The monoisotopic (exact) mass is 372 g/mol. The van der Waals surface area contributed by atoms with E-state index in [9.17, 15) is 14.0 Å². The molecule has 1 aromatic carbocycles. The number of aliphatic carboxylic acids is 1. The number of amides is 1. The summed E-state index contributed by atoms with van der Waals surface area (Å²) in [6.45, 7) is 4.53. The van der Waals surface area contributed by atoms with Crippen LogP contribution in [0.3, 0.4) is 0 Å². The highest BCUT2D eigenvalue weighted by molar-refractivity contribution is 5.98. The van der Waals surface area contributed by atoms with Crippen molar-refractivity contribution >= 4 is 17.8 Å². The molecule has 7 nitrogen and oxygen atoms in total. The van der Waals surface area contributed by atoms with Crippen LogP contribution in [0.4, 0.5) is 10.3 Å². The van der Waals surface area contributed by atoms with Gasteiger partial charge in [-0.2, -0.15) is 0 Å². The molecular formula is C19H21FN4O3. The lowest BCUT2D eigenvalue weighted by Gasteiger charge is -2.25. The number of carboxylic acid groups (broad SMARTS) is 1. The fraction of sp³-hybridized carbons (Fsp3) is 0.368. The van der Waals surface area contributed by atoms with E-state index in [-0.39, 0.29) is 16.8 Å². The zero-order valence-electron chi connectivity index (χ0n) is 15.1. The minimum atomic E-state index is -1.15. The van der Waals surface area contributed by atoms with Crippen molar-refractivity contribution in [1.82, 2.24) is 15.3 Å². The number of carboxylic acids is 1. The van der Waals surface area contributed by atoms with Crippen molar-refractivity contribution in [1.29, 1.82) is 0 Å². The number of carbonyl (C=O) groups excluding carboxylic acids is 1. The molecule has 0 saturated heterocycles. The third-order valence-corrected chi connectivity index (χ3v) is 4.74. The number of rotatable bonds is 7. The van der Waals surface area contributed by atoms with Gasteiger partial charge in [0.15, 0.2) is 0 Å². The predicted molar refractivity (Wildman–Crippen MR) is 97.0 cm³/mol. The number of aromatic nitrogens is 2. The van der Waals surface area contributed by atoms with Crippen LogP contribution >= 0.6 is 0 Å². The molecule has 0 aliphatic heterocycles. The molecule has 0 spiro atoms. The molecule has 0 unspecified atom stereocenters. The predicted octanol–water partition coefficient (Wildman–Crippen LogP) is 2.35. The SMILES string of the molecule is CC(C)(CNc1ncc(C(=O)NC2(C(=O)O)CC2)cn1)c1ccc(F)cc1. The van der Waals surface area contributed by atoms with Crippen LogP contribution in [0.1, 0.15) is 42.6 Å². The van der Waals surface area contributed by atoms with Gasteiger partial charge >= 0.3 is 5.97 Å². The first-order chi connectivity index (χ1) is 12.7. The molecule has 1 amide bonds. The smallest absolute Gasteiger partial charge is 0.329 e. The third-order valence-electron chi connectivity index (χ3n) is 4.74. The van der Waals surface area contributed by atoms with Gasteiger partial charge in [0.1, 0.15) is 11.4 Å². The van der Waals surface area contributed by atoms with Gasteiger partial charge in [0, 0.05) is 24.4 Å². The molecule has 2 aromatic rings. The van der Waals surface area contributed by atoms with E-state index in [0.29, 0.717) is 25.3 Å². The highest BCUT2D eigenvalue weighted by atomic mass is 19.1. The Morgan fingerprint density at radius 3 is 2.30 bits per heavy atom. The highest BCUT2D eigenvalue weighted by Gasteiger charge is 2.51. The Kier molecular flexibility index (Phi) is 4.82. The number of nitrogens with one attached hydrogen (secondary N) is 2. The number of hydrogen-bond donors (Lipinski definition) is 3. The second-order valence-corrected chi connectivity index (χ2v) is 7.38. The summed E-state index contributed by atoms with van der Waals surface area (Å²) in [6, 6.07) is 6.32. The number of carbonyl (C=O) groups is 2. The summed E-state index contributed by atoms with van der Waals surface area (Å²) in [5.41, 5.74) is -0.262. The Bertz CT molecular complexity index is 846. The molecule has 1 aliphatic rings. The second-order valence-electron chi connectivity index (χ2n) is 7.38. The topological polar surface area (TPSA) is 104 Å². The first-order valence-corrected chi connectivity index (χ1v) is 8.60. The van der Waals surface area contributed by atoms with Crippen LogP contribution in [-0.4, -0.2) is 39.0 Å². The van der Waals surface area contributed by atoms with Gasteiger partial charge in [-0.25, -0.2) is 19.2 Å².